The lowest BCUT2D eigenvalue weighted by Crippen LogP contribution is -2.06. The fourth-order valence-corrected chi connectivity index (χ4v) is 2.52. The van der Waals surface area contributed by atoms with Gasteiger partial charge >= 0.3 is 0 Å². The second kappa shape index (κ2) is 19.6. The SMILES string of the molecule is C=C/C=C(/C=C(/C)C(CCC)CCC)C(=C/C)\[N+](C)=O.CC.CC. The summed E-state index contributed by atoms with van der Waals surface area (Å²) in [6, 6.07) is 0. The molecule has 0 fully saturated rings. The average molecular weight is 337 g/mol. The van der Waals surface area contributed by atoms with E-state index in [4.69, 9.17) is 0 Å². The number of hydrogen-bond donors (Lipinski definition) is 0. The molecule has 140 valence electrons. The van der Waals surface area contributed by atoms with Gasteiger partial charge < -0.3 is 0 Å². The number of nitroso groups, excluding NO2 is 1. The zero-order valence-corrected chi connectivity index (χ0v) is 17.8. The molecule has 0 aliphatic heterocycles. The average Bonchev–Trinajstić information content (AvgIpc) is 2.58. The summed E-state index contributed by atoms with van der Waals surface area (Å²) in [5, 5.41) is 0. The summed E-state index contributed by atoms with van der Waals surface area (Å²) < 4.78 is 0.910. The number of allylic oxidation sites excluding steroid dienone is 5. The van der Waals surface area contributed by atoms with Crippen LogP contribution < -0.4 is 0 Å². The van der Waals surface area contributed by atoms with Crippen LogP contribution in [0.15, 0.2) is 47.7 Å². The molecule has 0 radical (unpaired) electrons. The Morgan fingerprint density at radius 2 is 1.54 bits per heavy atom. The zero-order chi connectivity index (χ0) is 19.5. The monoisotopic (exact) mass is 336 g/mol. The van der Waals surface area contributed by atoms with E-state index in [1.165, 1.54) is 38.3 Å². The van der Waals surface area contributed by atoms with Crippen molar-refractivity contribution in [3.05, 3.63) is 52.6 Å². The molecule has 0 saturated heterocycles. The molecule has 24 heavy (non-hydrogen) atoms. The molecule has 0 aliphatic rings. The first-order valence-corrected chi connectivity index (χ1v) is 9.60. The molecule has 0 bridgehead atoms. The van der Waals surface area contributed by atoms with Crippen molar-refractivity contribution in [1.29, 1.82) is 0 Å². The van der Waals surface area contributed by atoms with Gasteiger partial charge in [-0.2, -0.15) is 0 Å². The first-order chi connectivity index (χ1) is 11.5. The van der Waals surface area contributed by atoms with Crippen molar-refractivity contribution < 1.29 is 4.76 Å². The molecule has 0 aromatic heterocycles. The van der Waals surface area contributed by atoms with Crippen LogP contribution >= 0.6 is 0 Å². The van der Waals surface area contributed by atoms with Gasteiger partial charge in [0.15, 0.2) is 7.05 Å². The van der Waals surface area contributed by atoms with Crippen LogP contribution in [-0.4, -0.2) is 11.8 Å². The predicted octanol–water partition coefficient (Wildman–Crippen LogP) is 7.63. The van der Waals surface area contributed by atoms with Crippen molar-refractivity contribution in [3.63, 3.8) is 0 Å². The fraction of sp³-hybridized carbons (Fsp3) is 0.636. The third-order valence-electron chi connectivity index (χ3n) is 3.51. The van der Waals surface area contributed by atoms with Gasteiger partial charge in [0.1, 0.15) is 0 Å². The number of rotatable bonds is 9. The third kappa shape index (κ3) is 12.0. The van der Waals surface area contributed by atoms with Crippen molar-refractivity contribution >= 4 is 0 Å². The Morgan fingerprint density at radius 3 is 1.83 bits per heavy atom. The van der Waals surface area contributed by atoms with E-state index in [1.807, 2.05) is 46.8 Å². The van der Waals surface area contributed by atoms with E-state index in [1.54, 1.807) is 6.08 Å². The minimum atomic E-state index is 0.605. The molecule has 2 nitrogen and oxygen atoms in total. The smallest absolute Gasteiger partial charge is 0.0990 e. The molecule has 0 atom stereocenters. The molecule has 0 unspecified atom stereocenters. The molecule has 2 heteroatoms. The van der Waals surface area contributed by atoms with Gasteiger partial charge in [0.2, 0.25) is 0 Å². The zero-order valence-electron chi connectivity index (χ0n) is 17.8. The minimum Gasteiger partial charge on any atom is -0.0990 e. The number of nitrogens with zero attached hydrogens (tertiary/aromatic N) is 1. The van der Waals surface area contributed by atoms with E-state index in [0.29, 0.717) is 11.6 Å². The molecule has 0 amide bonds. The first kappa shape index (κ1) is 27.4. The largest absolute Gasteiger partial charge is 0.258 e. The van der Waals surface area contributed by atoms with E-state index >= 15 is 0 Å². The highest BCUT2D eigenvalue weighted by Gasteiger charge is 2.16. The summed E-state index contributed by atoms with van der Waals surface area (Å²) >= 11 is 0. The summed E-state index contributed by atoms with van der Waals surface area (Å²) in [5.41, 5.74) is 2.98. The Kier molecular flexibility index (Phi) is 22.4. The summed E-state index contributed by atoms with van der Waals surface area (Å²) in [5.74, 6) is 0.605. The maximum Gasteiger partial charge on any atom is 0.258 e. The van der Waals surface area contributed by atoms with Crippen LogP contribution in [0.1, 0.15) is 81.1 Å². The van der Waals surface area contributed by atoms with E-state index in [0.717, 1.165) is 10.3 Å². The Hall–Kier alpha value is -1.44. The van der Waals surface area contributed by atoms with Gasteiger partial charge in [0.25, 0.3) is 5.70 Å². The molecule has 0 heterocycles. The van der Waals surface area contributed by atoms with Crippen LogP contribution in [0.4, 0.5) is 0 Å². The van der Waals surface area contributed by atoms with E-state index < -0.39 is 0 Å². The molecular formula is C22H42NO+. The minimum absolute atomic E-state index is 0.605. The van der Waals surface area contributed by atoms with Crippen LogP contribution in [0.5, 0.6) is 0 Å². The van der Waals surface area contributed by atoms with Crippen molar-refractivity contribution in [3.8, 4) is 0 Å². The van der Waals surface area contributed by atoms with Crippen molar-refractivity contribution in [2.24, 2.45) is 5.92 Å². The predicted molar refractivity (Wildman–Crippen MR) is 111 cm³/mol. The van der Waals surface area contributed by atoms with E-state index in [-0.39, 0.29) is 0 Å². The normalized spacial score (nSPS) is 12.0. The summed E-state index contributed by atoms with van der Waals surface area (Å²) in [6.45, 7) is 20.3. The van der Waals surface area contributed by atoms with Crippen molar-refractivity contribution in [2.45, 2.75) is 81.1 Å². The molecule has 0 saturated carbocycles. The van der Waals surface area contributed by atoms with Gasteiger partial charge in [-0.1, -0.05) is 72.6 Å². The molecule has 0 aliphatic carbocycles. The standard InChI is InChI=1S/C18H30NO.2C2H6/c1-7-11-16(12-8-2)15(5)14-17(13-9-3)18(10-4)19(6)20;2*1-2/h9-10,13-14,16H,3,7-8,11-12H2,1-2,4-6H3;2*1-2H3/q+1;;/b15-14-,17-13-,18-10+;;. The molecule has 0 spiro atoms. The maximum absolute atomic E-state index is 11.6. The lowest BCUT2D eigenvalue weighted by Gasteiger charge is -2.16. The van der Waals surface area contributed by atoms with Crippen LogP contribution in [0.2, 0.25) is 0 Å². The van der Waals surface area contributed by atoms with Gasteiger partial charge in [-0.25, -0.2) is 0 Å². The summed E-state index contributed by atoms with van der Waals surface area (Å²) in [6.07, 6.45) is 12.4. The second-order valence-corrected chi connectivity index (χ2v) is 5.19. The van der Waals surface area contributed by atoms with Crippen LogP contribution in [0.25, 0.3) is 0 Å². The van der Waals surface area contributed by atoms with Crippen LogP contribution in [-0.2, 0) is 0 Å². The van der Waals surface area contributed by atoms with Crippen LogP contribution in [0, 0.1) is 10.8 Å². The van der Waals surface area contributed by atoms with Crippen LogP contribution in [0.3, 0.4) is 0 Å². The third-order valence-corrected chi connectivity index (χ3v) is 3.51. The lowest BCUT2D eigenvalue weighted by molar-refractivity contribution is -0.462. The molecule has 0 N–H and O–H groups in total. The highest BCUT2D eigenvalue weighted by molar-refractivity contribution is 5.39. The highest BCUT2D eigenvalue weighted by Crippen LogP contribution is 2.25. The Labute approximate surface area is 152 Å². The highest BCUT2D eigenvalue weighted by atomic mass is 16.3. The topological polar surface area (TPSA) is 20.1 Å². The van der Waals surface area contributed by atoms with Gasteiger partial charge in [0, 0.05) is 9.67 Å². The van der Waals surface area contributed by atoms with E-state index in [2.05, 4.69) is 33.4 Å². The first-order valence-electron chi connectivity index (χ1n) is 9.60. The van der Waals surface area contributed by atoms with Crippen molar-refractivity contribution in [2.75, 3.05) is 7.05 Å². The number of hydrogen-bond acceptors (Lipinski definition) is 1. The van der Waals surface area contributed by atoms with Gasteiger partial charge in [-0.3, -0.25) is 0 Å². The molecule has 0 aromatic carbocycles. The maximum atomic E-state index is 11.6. The van der Waals surface area contributed by atoms with Gasteiger partial charge in [-0.15, -0.1) is 0 Å². The second-order valence-electron chi connectivity index (χ2n) is 5.19. The fourth-order valence-electron chi connectivity index (χ4n) is 2.52. The van der Waals surface area contributed by atoms with Gasteiger partial charge in [0.05, 0.1) is 5.57 Å². The molecule has 0 rings (SSSR count). The Balaban J connectivity index is -0.00000102. The molecular weight excluding hydrogens is 294 g/mol. The van der Waals surface area contributed by atoms with Crippen molar-refractivity contribution in [1.82, 2.24) is 0 Å². The van der Waals surface area contributed by atoms with Gasteiger partial charge in [-0.05, 0) is 50.8 Å². The lowest BCUT2D eigenvalue weighted by atomic mass is 9.89. The van der Waals surface area contributed by atoms with E-state index in [9.17, 15) is 4.91 Å². The summed E-state index contributed by atoms with van der Waals surface area (Å²) in [4.78, 5) is 11.6. The summed E-state index contributed by atoms with van der Waals surface area (Å²) in [7, 11) is 1.53. The number of likely N-dealkylation sites (N-methyl/N-ethyl adjacent to an activating group) is 1. The molecule has 0 aromatic rings. The Bertz CT molecular complexity index is 408. The quantitative estimate of drug-likeness (QED) is 0.313. The Morgan fingerprint density at radius 1 is 1.08 bits per heavy atom.